The highest BCUT2D eigenvalue weighted by Gasteiger charge is 2.44. The van der Waals surface area contributed by atoms with Crippen molar-refractivity contribution in [3.8, 4) is 5.75 Å². The standard InChI is InChI=1S/C21H21FN2O2/c1-3-19(25)24-21(15-6-4-5-7-18(15)22)16-11-9-13-8-10-14(26-2)12-17(13)20(16)23-24/h4-8,10,12,16,21H,3,9,11H2,1-2H3/t16-,21-/m0/s1. The van der Waals surface area contributed by atoms with Crippen LogP contribution in [0.1, 0.15) is 42.5 Å². The minimum atomic E-state index is -0.391. The van der Waals surface area contributed by atoms with Crippen LogP contribution in [0.4, 0.5) is 4.39 Å². The van der Waals surface area contributed by atoms with Crippen LogP contribution in [0.2, 0.25) is 0 Å². The molecule has 1 amide bonds. The number of methoxy groups -OCH3 is 1. The van der Waals surface area contributed by atoms with Gasteiger partial charge in [0.2, 0.25) is 5.91 Å². The smallest absolute Gasteiger partial charge is 0.242 e. The molecule has 1 aliphatic carbocycles. The number of halogens is 1. The highest BCUT2D eigenvalue weighted by atomic mass is 19.1. The molecule has 5 heteroatoms. The average molecular weight is 352 g/mol. The molecule has 0 spiro atoms. The monoisotopic (exact) mass is 352 g/mol. The van der Waals surface area contributed by atoms with Crippen molar-refractivity contribution in [2.75, 3.05) is 7.11 Å². The number of amides is 1. The van der Waals surface area contributed by atoms with Gasteiger partial charge in [-0.25, -0.2) is 9.40 Å². The summed E-state index contributed by atoms with van der Waals surface area (Å²) in [6.45, 7) is 1.81. The Kier molecular flexibility index (Phi) is 4.23. The Morgan fingerprint density at radius 1 is 1.31 bits per heavy atom. The van der Waals surface area contributed by atoms with Crippen molar-refractivity contribution in [1.29, 1.82) is 0 Å². The second-order valence-electron chi connectivity index (χ2n) is 6.71. The SMILES string of the molecule is CCC(=O)N1N=C2c3cc(OC)ccc3CC[C@@H]2[C@@H]1c1ccccc1F. The first kappa shape index (κ1) is 16.8. The predicted octanol–water partition coefficient (Wildman–Crippen LogP) is 4.09. The topological polar surface area (TPSA) is 41.9 Å². The van der Waals surface area contributed by atoms with Gasteiger partial charge in [0, 0.05) is 23.5 Å². The molecule has 4 rings (SSSR count). The Morgan fingerprint density at radius 2 is 2.12 bits per heavy atom. The Hall–Kier alpha value is -2.69. The molecular formula is C21H21FN2O2. The predicted molar refractivity (Wildman–Crippen MR) is 97.6 cm³/mol. The molecule has 2 aromatic carbocycles. The first-order valence-corrected chi connectivity index (χ1v) is 8.96. The molecule has 0 fully saturated rings. The van der Waals surface area contributed by atoms with E-state index >= 15 is 0 Å². The Labute approximate surface area is 152 Å². The van der Waals surface area contributed by atoms with Crippen molar-refractivity contribution < 1.29 is 13.9 Å². The zero-order valence-electron chi connectivity index (χ0n) is 14.9. The third kappa shape index (κ3) is 2.59. The number of hydrazone groups is 1. The minimum Gasteiger partial charge on any atom is -0.497 e. The lowest BCUT2D eigenvalue weighted by molar-refractivity contribution is -0.133. The van der Waals surface area contributed by atoms with E-state index in [9.17, 15) is 9.18 Å². The molecule has 2 atom stereocenters. The van der Waals surface area contributed by atoms with Gasteiger partial charge >= 0.3 is 0 Å². The summed E-state index contributed by atoms with van der Waals surface area (Å²) < 4.78 is 19.9. The number of fused-ring (bicyclic) bond motifs is 3. The van der Waals surface area contributed by atoms with Crippen molar-refractivity contribution in [3.63, 3.8) is 0 Å². The molecule has 0 N–H and O–H groups in total. The quantitative estimate of drug-likeness (QED) is 0.835. The van der Waals surface area contributed by atoms with Crippen molar-refractivity contribution >= 4 is 11.6 Å². The van der Waals surface area contributed by atoms with Crippen LogP contribution < -0.4 is 4.74 Å². The first-order valence-electron chi connectivity index (χ1n) is 8.96. The van der Waals surface area contributed by atoms with Gasteiger partial charge in [0.15, 0.2) is 0 Å². The van der Waals surface area contributed by atoms with Crippen molar-refractivity contribution in [1.82, 2.24) is 5.01 Å². The maximum absolute atomic E-state index is 14.5. The number of hydrogen-bond acceptors (Lipinski definition) is 3. The Morgan fingerprint density at radius 3 is 2.85 bits per heavy atom. The maximum Gasteiger partial charge on any atom is 0.242 e. The molecular weight excluding hydrogens is 331 g/mol. The molecule has 0 saturated heterocycles. The van der Waals surface area contributed by atoms with E-state index in [2.05, 4.69) is 11.2 Å². The molecule has 134 valence electrons. The molecule has 0 radical (unpaired) electrons. The van der Waals surface area contributed by atoms with Gasteiger partial charge in [-0.1, -0.05) is 31.2 Å². The van der Waals surface area contributed by atoms with Crippen LogP contribution in [0.15, 0.2) is 47.6 Å². The van der Waals surface area contributed by atoms with E-state index in [0.29, 0.717) is 12.0 Å². The second-order valence-corrected chi connectivity index (χ2v) is 6.71. The second kappa shape index (κ2) is 6.56. The normalized spacial score (nSPS) is 21.0. The highest BCUT2D eigenvalue weighted by molar-refractivity contribution is 6.07. The van der Waals surface area contributed by atoms with E-state index < -0.39 is 6.04 Å². The Balaban J connectivity index is 1.84. The average Bonchev–Trinajstić information content (AvgIpc) is 3.07. The van der Waals surface area contributed by atoms with E-state index in [-0.39, 0.29) is 17.6 Å². The van der Waals surface area contributed by atoms with Gasteiger partial charge < -0.3 is 4.74 Å². The molecule has 4 nitrogen and oxygen atoms in total. The number of aryl methyl sites for hydroxylation is 1. The lowest BCUT2D eigenvalue weighted by atomic mass is 9.77. The number of benzene rings is 2. The summed E-state index contributed by atoms with van der Waals surface area (Å²) >= 11 is 0. The van der Waals surface area contributed by atoms with Crippen LogP contribution in [0.25, 0.3) is 0 Å². The van der Waals surface area contributed by atoms with Gasteiger partial charge in [-0.3, -0.25) is 4.79 Å². The summed E-state index contributed by atoms with van der Waals surface area (Å²) in [5.74, 6) is 0.362. The number of nitrogens with zero attached hydrogens (tertiary/aromatic N) is 2. The number of carbonyl (C=O) groups is 1. The fraction of sp³-hybridized carbons (Fsp3) is 0.333. The molecule has 0 aromatic heterocycles. The maximum atomic E-state index is 14.5. The number of rotatable bonds is 3. The van der Waals surface area contributed by atoms with Crippen LogP contribution in [-0.2, 0) is 11.2 Å². The van der Waals surface area contributed by atoms with Gasteiger partial charge in [-0.2, -0.15) is 5.10 Å². The molecule has 0 saturated carbocycles. The van der Waals surface area contributed by atoms with E-state index in [1.807, 2.05) is 18.2 Å². The summed E-state index contributed by atoms with van der Waals surface area (Å²) in [6.07, 6.45) is 2.05. The largest absolute Gasteiger partial charge is 0.497 e. The minimum absolute atomic E-state index is 0.0120. The fourth-order valence-corrected chi connectivity index (χ4v) is 4.01. The van der Waals surface area contributed by atoms with E-state index in [1.165, 1.54) is 16.6 Å². The summed E-state index contributed by atoms with van der Waals surface area (Å²) in [5.41, 5.74) is 3.59. The highest BCUT2D eigenvalue weighted by Crippen LogP contribution is 2.44. The molecule has 0 unspecified atom stereocenters. The van der Waals surface area contributed by atoms with Crippen molar-refractivity contribution in [3.05, 3.63) is 65.0 Å². The molecule has 0 bridgehead atoms. The van der Waals surface area contributed by atoms with E-state index in [4.69, 9.17) is 4.74 Å². The summed E-state index contributed by atoms with van der Waals surface area (Å²) in [6, 6.07) is 12.3. The van der Waals surface area contributed by atoms with Crippen LogP contribution in [0.3, 0.4) is 0 Å². The zero-order valence-corrected chi connectivity index (χ0v) is 14.9. The lowest BCUT2D eigenvalue weighted by Crippen LogP contribution is -2.32. The molecule has 2 aliphatic rings. The van der Waals surface area contributed by atoms with Gasteiger partial charge in [0.25, 0.3) is 0 Å². The lowest BCUT2D eigenvalue weighted by Gasteiger charge is -2.29. The van der Waals surface area contributed by atoms with Crippen LogP contribution in [0.5, 0.6) is 5.75 Å². The molecule has 26 heavy (non-hydrogen) atoms. The van der Waals surface area contributed by atoms with Gasteiger partial charge in [-0.05, 0) is 36.6 Å². The van der Waals surface area contributed by atoms with Crippen LogP contribution in [-0.4, -0.2) is 23.7 Å². The summed E-state index contributed by atoms with van der Waals surface area (Å²) in [7, 11) is 1.63. The number of carbonyl (C=O) groups excluding carboxylic acids is 1. The third-order valence-electron chi connectivity index (χ3n) is 5.31. The van der Waals surface area contributed by atoms with E-state index in [1.54, 1.807) is 26.2 Å². The van der Waals surface area contributed by atoms with Crippen molar-refractivity contribution in [2.24, 2.45) is 11.0 Å². The number of ether oxygens (including phenoxy) is 1. The third-order valence-corrected chi connectivity index (χ3v) is 5.31. The Bertz CT molecular complexity index is 893. The van der Waals surface area contributed by atoms with Crippen LogP contribution in [0, 0.1) is 11.7 Å². The van der Waals surface area contributed by atoms with Crippen LogP contribution >= 0.6 is 0 Å². The van der Waals surface area contributed by atoms with E-state index in [0.717, 1.165) is 29.9 Å². The molecule has 2 aromatic rings. The number of hydrogen-bond donors (Lipinski definition) is 0. The molecule has 1 heterocycles. The van der Waals surface area contributed by atoms with Crippen molar-refractivity contribution in [2.45, 2.75) is 32.2 Å². The van der Waals surface area contributed by atoms with Gasteiger partial charge in [-0.15, -0.1) is 0 Å². The summed E-state index contributed by atoms with van der Waals surface area (Å²) in [4.78, 5) is 12.6. The molecule has 1 aliphatic heterocycles. The fourth-order valence-electron chi connectivity index (χ4n) is 4.01. The summed E-state index contributed by atoms with van der Waals surface area (Å²) in [5, 5.41) is 6.17. The van der Waals surface area contributed by atoms with Gasteiger partial charge in [0.1, 0.15) is 11.6 Å². The van der Waals surface area contributed by atoms with Gasteiger partial charge in [0.05, 0.1) is 18.9 Å². The zero-order chi connectivity index (χ0) is 18.3. The first-order chi connectivity index (χ1) is 12.6.